The Morgan fingerprint density at radius 1 is 1.24 bits per heavy atom. The summed E-state index contributed by atoms with van der Waals surface area (Å²) in [6.45, 7) is 0. The minimum atomic E-state index is -4.39. The molecule has 0 heterocycles. The zero-order chi connectivity index (χ0) is 18.4. The van der Waals surface area contributed by atoms with E-state index in [9.17, 15) is 18.0 Å². The van der Waals surface area contributed by atoms with Gasteiger partial charge in [0, 0.05) is 5.02 Å². The molecule has 0 saturated heterocycles. The maximum absolute atomic E-state index is 12.5. The van der Waals surface area contributed by atoms with Crippen LogP contribution in [0.15, 0.2) is 47.6 Å². The summed E-state index contributed by atoms with van der Waals surface area (Å²) in [5, 5.41) is 4.14. The molecule has 0 spiro atoms. The SMILES string of the molecule is COc1ccc(Cl)c(CC(=O)N/N=C/c2ccc(C(F)(F)F)cc2)c1. The minimum absolute atomic E-state index is 0.0135. The number of nitrogens with zero attached hydrogens (tertiary/aromatic N) is 1. The van der Waals surface area contributed by atoms with Gasteiger partial charge in [0.2, 0.25) is 5.91 Å². The van der Waals surface area contributed by atoms with E-state index in [2.05, 4.69) is 10.5 Å². The fourth-order valence-corrected chi connectivity index (χ4v) is 2.15. The van der Waals surface area contributed by atoms with Gasteiger partial charge >= 0.3 is 6.18 Å². The first-order valence-corrected chi connectivity index (χ1v) is 7.49. The Bertz CT molecular complexity index is 774. The van der Waals surface area contributed by atoms with Crippen molar-refractivity contribution in [3.8, 4) is 5.75 Å². The molecule has 0 aliphatic carbocycles. The maximum atomic E-state index is 12.5. The largest absolute Gasteiger partial charge is 0.497 e. The fraction of sp³-hybridized carbons (Fsp3) is 0.176. The molecule has 2 aromatic rings. The van der Waals surface area contributed by atoms with Gasteiger partial charge in [0.15, 0.2) is 0 Å². The van der Waals surface area contributed by atoms with Crippen molar-refractivity contribution in [2.24, 2.45) is 5.10 Å². The molecule has 8 heteroatoms. The summed E-state index contributed by atoms with van der Waals surface area (Å²) in [7, 11) is 1.50. The summed E-state index contributed by atoms with van der Waals surface area (Å²) < 4.78 is 42.4. The molecular formula is C17H14ClF3N2O2. The van der Waals surface area contributed by atoms with Crippen LogP contribution in [0.25, 0.3) is 0 Å². The van der Waals surface area contributed by atoms with Crippen molar-refractivity contribution >= 4 is 23.7 Å². The van der Waals surface area contributed by atoms with Crippen LogP contribution < -0.4 is 10.2 Å². The maximum Gasteiger partial charge on any atom is 0.416 e. The highest BCUT2D eigenvalue weighted by atomic mass is 35.5. The number of carbonyl (C=O) groups is 1. The van der Waals surface area contributed by atoms with Crippen LogP contribution in [0, 0.1) is 0 Å². The highest BCUT2D eigenvalue weighted by molar-refractivity contribution is 6.31. The Morgan fingerprint density at radius 3 is 2.52 bits per heavy atom. The van der Waals surface area contributed by atoms with Gasteiger partial charge in [-0.2, -0.15) is 18.3 Å². The Labute approximate surface area is 147 Å². The van der Waals surface area contributed by atoms with Crippen molar-refractivity contribution in [2.75, 3.05) is 7.11 Å². The second-order valence-electron chi connectivity index (χ2n) is 5.05. The Kier molecular flexibility index (Phi) is 6.03. The second kappa shape index (κ2) is 8.02. The molecule has 0 aliphatic heterocycles. The average molecular weight is 371 g/mol. The van der Waals surface area contributed by atoms with E-state index >= 15 is 0 Å². The highest BCUT2D eigenvalue weighted by Crippen LogP contribution is 2.28. The van der Waals surface area contributed by atoms with E-state index in [1.807, 2.05) is 0 Å². The van der Waals surface area contributed by atoms with Crippen molar-refractivity contribution in [1.29, 1.82) is 0 Å². The van der Waals surface area contributed by atoms with Crippen molar-refractivity contribution in [3.63, 3.8) is 0 Å². The third-order valence-corrected chi connectivity index (χ3v) is 3.61. The predicted molar refractivity (Wildman–Crippen MR) is 88.9 cm³/mol. The molecule has 2 rings (SSSR count). The molecule has 0 unspecified atom stereocenters. The molecule has 1 amide bonds. The van der Waals surface area contributed by atoms with Gasteiger partial charge in [-0.3, -0.25) is 4.79 Å². The molecule has 0 bridgehead atoms. The first-order chi connectivity index (χ1) is 11.8. The Balaban J connectivity index is 1.94. The number of methoxy groups -OCH3 is 1. The number of nitrogens with one attached hydrogen (secondary N) is 1. The van der Waals surface area contributed by atoms with Gasteiger partial charge in [0.25, 0.3) is 0 Å². The first kappa shape index (κ1) is 18.8. The normalized spacial score (nSPS) is 11.6. The van der Waals surface area contributed by atoms with Gasteiger partial charge in [-0.1, -0.05) is 23.7 Å². The summed E-state index contributed by atoms with van der Waals surface area (Å²) in [5.74, 6) is 0.152. The summed E-state index contributed by atoms with van der Waals surface area (Å²) in [6, 6.07) is 9.34. The van der Waals surface area contributed by atoms with Crippen LogP contribution in [0.1, 0.15) is 16.7 Å². The number of rotatable bonds is 5. The number of hydrogen-bond donors (Lipinski definition) is 1. The highest BCUT2D eigenvalue weighted by Gasteiger charge is 2.29. The van der Waals surface area contributed by atoms with E-state index < -0.39 is 17.6 Å². The minimum Gasteiger partial charge on any atom is -0.497 e. The number of benzene rings is 2. The molecule has 4 nitrogen and oxygen atoms in total. The van der Waals surface area contributed by atoms with Gasteiger partial charge in [0.05, 0.1) is 25.3 Å². The summed E-state index contributed by atoms with van der Waals surface area (Å²) in [6.07, 6.45) is -3.15. The van der Waals surface area contributed by atoms with E-state index in [-0.39, 0.29) is 6.42 Å². The topological polar surface area (TPSA) is 50.7 Å². The Hall–Kier alpha value is -2.54. The molecule has 1 N–H and O–H groups in total. The van der Waals surface area contributed by atoms with E-state index in [4.69, 9.17) is 16.3 Å². The average Bonchev–Trinajstić information content (AvgIpc) is 2.56. The number of halogens is 4. The Morgan fingerprint density at radius 2 is 1.92 bits per heavy atom. The first-order valence-electron chi connectivity index (χ1n) is 7.11. The number of ether oxygens (including phenoxy) is 1. The van der Waals surface area contributed by atoms with E-state index in [1.54, 1.807) is 18.2 Å². The number of hydrogen-bond acceptors (Lipinski definition) is 3. The fourth-order valence-electron chi connectivity index (χ4n) is 1.96. The molecule has 0 aliphatic rings. The monoisotopic (exact) mass is 370 g/mol. The van der Waals surface area contributed by atoms with E-state index in [0.717, 1.165) is 12.1 Å². The van der Waals surface area contributed by atoms with Gasteiger partial charge < -0.3 is 4.74 Å². The van der Waals surface area contributed by atoms with Crippen molar-refractivity contribution in [2.45, 2.75) is 12.6 Å². The molecule has 0 fully saturated rings. The molecular weight excluding hydrogens is 357 g/mol. The smallest absolute Gasteiger partial charge is 0.416 e. The molecule has 2 aromatic carbocycles. The standard InChI is InChI=1S/C17H14ClF3N2O2/c1-25-14-6-7-15(18)12(8-14)9-16(24)23-22-10-11-2-4-13(5-3-11)17(19,20)21/h2-8,10H,9H2,1H3,(H,23,24)/b22-10+. The lowest BCUT2D eigenvalue weighted by Crippen LogP contribution is -2.20. The molecule has 0 saturated carbocycles. The lowest BCUT2D eigenvalue weighted by molar-refractivity contribution is -0.137. The zero-order valence-electron chi connectivity index (χ0n) is 13.1. The third kappa shape index (κ3) is 5.49. The van der Waals surface area contributed by atoms with Crippen LogP contribution in [0.5, 0.6) is 5.75 Å². The molecule has 132 valence electrons. The van der Waals surface area contributed by atoms with Crippen molar-refractivity contribution < 1.29 is 22.7 Å². The van der Waals surface area contributed by atoms with Gasteiger partial charge in [0.1, 0.15) is 5.75 Å². The predicted octanol–water partition coefficient (Wildman–Crippen LogP) is 4.06. The lowest BCUT2D eigenvalue weighted by atomic mass is 10.1. The van der Waals surface area contributed by atoms with Crippen LogP contribution in [-0.2, 0) is 17.4 Å². The zero-order valence-corrected chi connectivity index (χ0v) is 13.9. The third-order valence-electron chi connectivity index (χ3n) is 3.24. The number of carbonyl (C=O) groups excluding carboxylic acids is 1. The lowest BCUT2D eigenvalue weighted by Gasteiger charge is -2.06. The van der Waals surface area contributed by atoms with Crippen LogP contribution in [0.3, 0.4) is 0 Å². The summed E-state index contributed by atoms with van der Waals surface area (Å²) in [5.41, 5.74) is 2.55. The summed E-state index contributed by atoms with van der Waals surface area (Å²) >= 11 is 6.01. The van der Waals surface area contributed by atoms with E-state index in [0.29, 0.717) is 21.9 Å². The molecule has 0 radical (unpaired) electrons. The van der Waals surface area contributed by atoms with Crippen LogP contribution in [0.2, 0.25) is 5.02 Å². The summed E-state index contributed by atoms with van der Waals surface area (Å²) in [4.78, 5) is 11.9. The van der Waals surface area contributed by atoms with Crippen LogP contribution in [0.4, 0.5) is 13.2 Å². The van der Waals surface area contributed by atoms with E-state index in [1.165, 1.54) is 25.5 Å². The molecule has 0 atom stereocenters. The number of alkyl halides is 3. The molecule has 25 heavy (non-hydrogen) atoms. The van der Waals surface area contributed by atoms with Gasteiger partial charge in [-0.15, -0.1) is 0 Å². The molecule has 0 aromatic heterocycles. The van der Waals surface area contributed by atoms with Gasteiger partial charge in [-0.25, -0.2) is 5.43 Å². The quantitative estimate of drug-likeness (QED) is 0.637. The van der Waals surface area contributed by atoms with Crippen LogP contribution >= 0.6 is 11.6 Å². The van der Waals surface area contributed by atoms with Crippen molar-refractivity contribution in [3.05, 3.63) is 64.2 Å². The number of hydrazone groups is 1. The second-order valence-corrected chi connectivity index (χ2v) is 5.45. The van der Waals surface area contributed by atoms with Gasteiger partial charge in [-0.05, 0) is 41.5 Å². The van der Waals surface area contributed by atoms with Crippen molar-refractivity contribution in [1.82, 2.24) is 5.43 Å². The number of amides is 1. The van der Waals surface area contributed by atoms with Crippen LogP contribution in [-0.4, -0.2) is 19.2 Å².